The van der Waals surface area contributed by atoms with Gasteiger partial charge in [0.1, 0.15) is 11.5 Å². The number of guanidine groups is 1. The molecule has 1 heterocycles. The lowest BCUT2D eigenvalue weighted by Gasteiger charge is -2.33. The standard InChI is InChI=1S/C23H40N4O4/c1-6-24-23(26-19-7-9-27(10-8-19)11-12-31-17(2)3)25-16-22(28)18-13-20(29-4)15-21(14-18)30-5/h13-15,17,19,22,28H,6-12,16H2,1-5H3,(H2,24,25,26). The van der Waals surface area contributed by atoms with Gasteiger partial charge in [-0.25, -0.2) is 0 Å². The second kappa shape index (κ2) is 13.4. The number of methoxy groups -OCH3 is 2. The van der Waals surface area contributed by atoms with Crippen LogP contribution in [0.4, 0.5) is 0 Å². The number of hydrogen-bond acceptors (Lipinski definition) is 6. The van der Waals surface area contributed by atoms with Crippen LogP contribution in [0, 0.1) is 0 Å². The summed E-state index contributed by atoms with van der Waals surface area (Å²) >= 11 is 0. The highest BCUT2D eigenvalue weighted by Gasteiger charge is 2.20. The summed E-state index contributed by atoms with van der Waals surface area (Å²) in [6.45, 7) is 11.0. The maximum atomic E-state index is 10.6. The Hall–Kier alpha value is -2.03. The minimum Gasteiger partial charge on any atom is -0.497 e. The summed E-state index contributed by atoms with van der Waals surface area (Å²) in [5.41, 5.74) is 0.715. The zero-order valence-corrected chi connectivity index (χ0v) is 19.7. The van der Waals surface area contributed by atoms with Crippen molar-refractivity contribution in [2.45, 2.75) is 51.9 Å². The molecule has 1 aliphatic rings. The fourth-order valence-corrected chi connectivity index (χ4v) is 3.54. The van der Waals surface area contributed by atoms with Crippen LogP contribution in [0.1, 0.15) is 45.3 Å². The zero-order valence-electron chi connectivity index (χ0n) is 19.7. The van der Waals surface area contributed by atoms with Crippen molar-refractivity contribution in [3.8, 4) is 11.5 Å². The van der Waals surface area contributed by atoms with E-state index in [1.165, 1.54) is 0 Å². The molecule has 1 atom stereocenters. The topological polar surface area (TPSA) is 87.6 Å². The molecule has 1 saturated heterocycles. The highest BCUT2D eigenvalue weighted by molar-refractivity contribution is 5.80. The zero-order chi connectivity index (χ0) is 22.6. The van der Waals surface area contributed by atoms with Gasteiger partial charge in [0.05, 0.1) is 39.6 Å². The third-order valence-corrected chi connectivity index (χ3v) is 5.31. The van der Waals surface area contributed by atoms with Gasteiger partial charge in [0.2, 0.25) is 0 Å². The van der Waals surface area contributed by atoms with Gasteiger partial charge in [-0.1, -0.05) is 0 Å². The Morgan fingerprint density at radius 1 is 1.16 bits per heavy atom. The SMILES string of the molecule is CCNC(=NCC(O)c1cc(OC)cc(OC)c1)NC1CCN(CCOC(C)C)CC1. The first-order valence-electron chi connectivity index (χ1n) is 11.2. The highest BCUT2D eigenvalue weighted by atomic mass is 16.5. The van der Waals surface area contributed by atoms with Crippen molar-refractivity contribution >= 4 is 5.96 Å². The molecule has 176 valence electrons. The monoisotopic (exact) mass is 436 g/mol. The molecule has 0 amide bonds. The van der Waals surface area contributed by atoms with Crippen LogP contribution in [-0.4, -0.2) is 81.7 Å². The summed E-state index contributed by atoms with van der Waals surface area (Å²) in [6, 6.07) is 5.77. The van der Waals surface area contributed by atoms with Gasteiger partial charge in [-0.3, -0.25) is 4.99 Å². The van der Waals surface area contributed by atoms with Gasteiger partial charge >= 0.3 is 0 Å². The Morgan fingerprint density at radius 3 is 2.35 bits per heavy atom. The molecule has 0 aromatic heterocycles. The number of aliphatic imine (C=N–C) groups is 1. The molecule has 31 heavy (non-hydrogen) atoms. The average Bonchev–Trinajstić information content (AvgIpc) is 2.77. The molecular formula is C23H40N4O4. The molecule has 8 nitrogen and oxygen atoms in total. The molecule has 1 fully saturated rings. The fraction of sp³-hybridized carbons (Fsp3) is 0.696. The lowest BCUT2D eigenvalue weighted by atomic mass is 10.1. The number of likely N-dealkylation sites (tertiary alicyclic amines) is 1. The van der Waals surface area contributed by atoms with Gasteiger partial charge in [0, 0.05) is 38.3 Å². The molecule has 0 radical (unpaired) electrons. The van der Waals surface area contributed by atoms with Crippen molar-refractivity contribution in [1.82, 2.24) is 15.5 Å². The van der Waals surface area contributed by atoms with Crippen molar-refractivity contribution in [2.75, 3.05) is 53.6 Å². The predicted molar refractivity (Wildman–Crippen MR) is 124 cm³/mol. The Bertz CT molecular complexity index is 653. The first kappa shape index (κ1) is 25.2. The lowest BCUT2D eigenvalue weighted by Crippen LogP contribution is -2.49. The van der Waals surface area contributed by atoms with Gasteiger partial charge in [0.25, 0.3) is 0 Å². The number of aliphatic hydroxyl groups excluding tert-OH is 1. The van der Waals surface area contributed by atoms with Crippen LogP contribution < -0.4 is 20.1 Å². The third kappa shape index (κ3) is 8.93. The van der Waals surface area contributed by atoms with Crippen LogP contribution >= 0.6 is 0 Å². The molecule has 0 saturated carbocycles. The van der Waals surface area contributed by atoms with Crippen LogP contribution in [0.2, 0.25) is 0 Å². The molecule has 0 bridgehead atoms. The largest absolute Gasteiger partial charge is 0.497 e. The molecule has 0 aliphatic carbocycles. The average molecular weight is 437 g/mol. The number of nitrogens with one attached hydrogen (secondary N) is 2. The maximum absolute atomic E-state index is 10.6. The molecule has 1 aromatic rings. The summed E-state index contributed by atoms with van der Waals surface area (Å²) < 4.78 is 16.2. The van der Waals surface area contributed by atoms with E-state index in [4.69, 9.17) is 14.2 Å². The van der Waals surface area contributed by atoms with Gasteiger partial charge in [-0.2, -0.15) is 0 Å². The van der Waals surface area contributed by atoms with Gasteiger partial charge in [0.15, 0.2) is 5.96 Å². The van der Waals surface area contributed by atoms with Crippen molar-refractivity contribution in [3.05, 3.63) is 23.8 Å². The fourth-order valence-electron chi connectivity index (χ4n) is 3.54. The second-order valence-corrected chi connectivity index (χ2v) is 8.06. The van der Waals surface area contributed by atoms with E-state index in [9.17, 15) is 5.11 Å². The highest BCUT2D eigenvalue weighted by Crippen LogP contribution is 2.26. The minimum atomic E-state index is -0.748. The van der Waals surface area contributed by atoms with E-state index < -0.39 is 6.10 Å². The van der Waals surface area contributed by atoms with Gasteiger partial charge in [-0.05, 0) is 51.3 Å². The van der Waals surface area contributed by atoms with Crippen molar-refractivity contribution in [2.24, 2.45) is 4.99 Å². The number of hydrogen-bond donors (Lipinski definition) is 3. The van der Waals surface area contributed by atoms with E-state index in [2.05, 4.69) is 34.4 Å². The summed E-state index contributed by atoms with van der Waals surface area (Å²) in [5.74, 6) is 2.03. The third-order valence-electron chi connectivity index (χ3n) is 5.31. The van der Waals surface area contributed by atoms with E-state index >= 15 is 0 Å². The molecule has 3 N–H and O–H groups in total. The molecule has 1 unspecified atom stereocenters. The maximum Gasteiger partial charge on any atom is 0.191 e. The molecule has 2 rings (SSSR count). The van der Waals surface area contributed by atoms with Crippen LogP contribution in [0.5, 0.6) is 11.5 Å². The number of piperidine rings is 1. The number of benzene rings is 1. The number of ether oxygens (including phenoxy) is 3. The Balaban J connectivity index is 1.88. The van der Waals surface area contributed by atoms with Gasteiger partial charge < -0.3 is 34.9 Å². The van der Waals surface area contributed by atoms with E-state index in [-0.39, 0.29) is 12.6 Å². The summed E-state index contributed by atoms with van der Waals surface area (Å²) in [4.78, 5) is 7.06. The van der Waals surface area contributed by atoms with Crippen molar-refractivity contribution in [1.29, 1.82) is 0 Å². The first-order valence-corrected chi connectivity index (χ1v) is 11.2. The van der Waals surface area contributed by atoms with E-state index in [1.807, 2.05) is 19.1 Å². The molecular weight excluding hydrogens is 396 g/mol. The van der Waals surface area contributed by atoms with Crippen molar-refractivity contribution < 1.29 is 19.3 Å². The molecule has 1 aliphatic heterocycles. The molecule has 0 spiro atoms. The lowest BCUT2D eigenvalue weighted by molar-refractivity contribution is 0.0532. The quantitative estimate of drug-likeness (QED) is 0.362. The normalized spacial score (nSPS) is 16.9. The smallest absolute Gasteiger partial charge is 0.191 e. The van der Waals surface area contributed by atoms with Crippen LogP contribution in [0.15, 0.2) is 23.2 Å². The Morgan fingerprint density at radius 2 is 1.81 bits per heavy atom. The number of rotatable bonds is 11. The van der Waals surface area contributed by atoms with Crippen LogP contribution in [-0.2, 0) is 4.74 Å². The van der Waals surface area contributed by atoms with Crippen molar-refractivity contribution in [3.63, 3.8) is 0 Å². The second-order valence-electron chi connectivity index (χ2n) is 8.06. The minimum absolute atomic E-state index is 0.247. The Labute approximate surface area is 187 Å². The van der Waals surface area contributed by atoms with E-state index in [0.717, 1.165) is 51.6 Å². The summed E-state index contributed by atoms with van der Waals surface area (Å²) in [6.07, 6.45) is 1.65. The summed E-state index contributed by atoms with van der Waals surface area (Å²) in [7, 11) is 3.19. The van der Waals surface area contributed by atoms with Crippen LogP contribution in [0.3, 0.4) is 0 Å². The molecule has 8 heteroatoms. The van der Waals surface area contributed by atoms with Gasteiger partial charge in [-0.15, -0.1) is 0 Å². The van der Waals surface area contributed by atoms with E-state index in [1.54, 1.807) is 20.3 Å². The predicted octanol–water partition coefficient (Wildman–Crippen LogP) is 2.18. The summed E-state index contributed by atoms with van der Waals surface area (Å²) in [5, 5.41) is 17.5. The first-order chi connectivity index (χ1) is 14.9. The molecule has 1 aromatic carbocycles. The number of nitrogens with zero attached hydrogens (tertiary/aromatic N) is 2. The number of aliphatic hydroxyl groups is 1. The van der Waals surface area contributed by atoms with Crippen LogP contribution in [0.25, 0.3) is 0 Å². The van der Waals surface area contributed by atoms with E-state index in [0.29, 0.717) is 23.1 Å². The Kier molecular flexibility index (Phi) is 10.9.